The van der Waals surface area contributed by atoms with Gasteiger partial charge in [0.05, 0.1) is 18.9 Å². The third-order valence-corrected chi connectivity index (χ3v) is 4.08. The molecule has 5 heteroatoms. The zero-order valence-corrected chi connectivity index (χ0v) is 13.0. The molecule has 0 bridgehead atoms. The minimum atomic E-state index is -0.319. The van der Waals surface area contributed by atoms with Gasteiger partial charge in [-0.25, -0.2) is 0 Å². The molecule has 0 radical (unpaired) electrons. The molecule has 1 aromatic carbocycles. The van der Waals surface area contributed by atoms with Gasteiger partial charge in [-0.1, -0.05) is 12.1 Å². The van der Waals surface area contributed by atoms with Crippen molar-refractivity contribution in [3.05, 3.63) is 24.3 Å². The first-order chi connectivity index (χ1) is 10.2. The molecule has 1 aromatic rings. The van der Waals surface area contributed by atoms with E-state index in [0.717, 1.165) is 31.1 Å². The molecule has 2 atom stereocenters. The van der Waals surface area contributed by atoms with E-state index in [1.807, 2.05) is 18.2 Å². The first kappa shape index (κ1) is 16.1. The number of para-hydroxylation sites is 2. The molecule has 0 spiro atoms. The summed E-state index contributed by atoms with van der Waals surface area (Å²) in [6, 6.07) is 8.53. The predicted molar refractivity (Wildman–Crippen MR) is 85.9 cm³/mol. The second kappa shape index (κ2) is 7.64. The van der Waals surface area contributed by atoms with Crippen LogP contribution in [0.15, 0.2) is 24.3 Å². The number of rotatable bonds is 6. The molecule has 2 rings (SSSR count). The van der Waals surface area contributed by atoms with Gasteiger partial charge in [-0.15, -0.1) is 0 Å². The molecule has 118 valence electrons. The van der Waals surface area contributed by atoms with Gasteiger partial charge < -0.3 is 20.5 Å². The fraction of sp³-hybridized carbons (Fsp3) is 0.625. The number of anilines is 1. The smallest absolute Gasteiger partial charge is 0.142 e. The van der Waals surface area contributed by atoms with Crippen LogP contribution >= 0.6 is 0 Å². The van der Waals surface area contributed by atoms with Crippen LogP contribution < -0.4 is 15.4 Å². The third-order valence-electron chi connectivity index (χ3n) is 4.08. The molecule has 1 saturated heterocycles. The van der Waals surface area contributed by atoms with Gasteiger partial charge in [-0.05, 0) is 32.0 Å². The van der Waals surface area contributed by atoms with Crippen LogP contribution in [0.3, 0.4) is 0 Å². The molecule has 1 heterocycles. The molecule has 21 heavy (non-hydrogen) atoms. The Balaban J connectivity index is 1.98. The maximum atomic E-state index is 9.90. The van der Waals surface area contributed by atoms with Crippen LogP contribution in [-0.2, 0) is 0 Å². The maximum absolute atomic E-state index is 9.90. The van der Waals surface area contributed by atoms with Crippen LogP contribution in [0.5, 0.6) is 5.75 Å². The SMILES string of the molecule is COc1ccccc1N1CCN(CC(O)CCN)CC1C. The molecular formula is C16H27N3O2. The fourth-order valence-electron chi connectivity index (χ4n) is 3.01. The third kappa shape index (κ3) is 4.09. The second-order valence-electron chi connectivity index (χ2n) is 5.71. The number of hydrogen-bond donors (Lipinski definition) is 2. The van der Waals surface area contributed by atoms with Crippen molar-refractivity contribution in [2.75, 3.05) is 44.7 Å². The van der Waals surface area contributed by atoms with Gasteiger partial charge in [0.2, 0.25) is 0 Å². The van der Waals surface area contributed by atoms with Crippen molar-refractivity contribution in [1.29, 1.82) is 0 Å². The lowest BCUT2D eigenvalue weighted by Crippen LogP contribution is -2.53. The summed E-state index contributed by atoms with van der Waals surface area (Å²) in [7, 11) is 1.71. The van der Waals surface area contributed by atoms with Gasteiger partial charge in [0.25, 0.3) is 0 Å². The van der Waals surface area contributed by atoms with Gasteiger partial charge in [-0.3, -0.25) is 4.90 Å². The number of hydrogen-bond acceptors (Lipinski definition) is 5. The summed E-state index contributed by atoms with van der Waals surface area (Å²) in [5.74, 6) is 0.918. The Labute approximate surface area is 127 Å². The van der Waals surface area contributed by atoms with Crippen molar-refractivity contribution in [3.63, 3.8) is 0 Å². The summed E-state index contributed by atoms with van der Waals surface area (Å²) in [6.07, 6.45) is 0.348. The van der Waals surface area contributed by atoms with E-state index in [-0.39, 0.29) is 6.10 Å². The van der Waals surface area contributed by atoms with E-state index in [9.17, 15) is 5.11 Å². The number of piperazine rings is 1. The molecule has 5 nitrogen and oxygen atoms in total. The molecule has 1 fully saturated rings. The zero-order valence-electron chi connectivity index (χ0n) is 13.0. The summed E-state index contributed by atoms with van der Waals surface area (Å²) in [5, 5.41) is 9.90. The molecule has 0 amide bonds. The van der Waals surface area contributed by atoms with Crippen LogP contribution in [0.2, 0.25) is 0 Å². The van der Waals surface area contributed by atoms with Gasteiger partial charge in [-0.2, -0.15) is 0 Å². The van der Waals surface area contributed by atoms with E-state index in [1.165, 1.54) is 0 Å². The van der Waals surface area contributed by atoms with E-state index < -0.39 is 0 Å². The first-order valence-corrected chi connectivity index (χ1v) is 7.65. The number of benzene rings is 1. The van der Waals surface area contributed by atoms with Crippen molar-refractivity contribution in [3.8, 4) is 5.75 Å². The number of aliphatic hydroxyl groups excluding tert-OH is 1. The molecule has 3 N–H and O–H groups in total. The summed E-state index contributed by atoms with van der Waals surface area (Å²) in [5.41, 5.74) is 6.64. The van der Waals surface area contributed by atoms with Gasteiger partial charge >= 0.3 is 0 Å². The summed E-state index contributed by atoms with van der Waals surface area (Å²) in [6.45, 7) is 6.30. The minimum Gasteiger partial charge on any atom is -0.495 e. The summed E-state index contributed by atoms with van der Waals surface area (Å²) in [4.78, 5) is 4.70. The van der Waals surface area contributed by atoms with Crippen molar-refractivity contribution in [2.45, 2.75) is 25.5 Å². The lowest BCUT2D eigenvalue weighted by Gasteiger charge is -2.42. The van der Waals surface area contributed by atoms with Crippen molar-refractivity contribution in [2.24, 2.45) is 5.73 Å². The van der Waals surface area contributed by atoms with Crippen molar-refractivity contribution in [1.82, 2.24) is 4.90 Å². The van der Waals surface area contributed by atoms with Gasteiger partial charge in [0.1, 0.15) is 5.75 Å². The molecule has 0 aliphatic carbocycles. The van der Waals surface area contributed by atoms with Crippen LogP contribution in [0, 0.1) is 0 Å². The van der Waals surface area contributed by atoms with Gasteiger partial charge in [0, 0.05) is 32.2 Å². The number of aliphatic hydroxyl groups is 1. The Morgan fingerprint density at radius 1 is 1.38 bits per heavy atom. The Kier molecular flexibility index (Phi) is 5.85. The monoisotopic (exact) mass is 293 g/mol. The Bertz CT molecular complexity index is 441. The highest BCUT2D eigenvalue weighted by Gasteiger charge is 2.26. The Morgan fingerprint density at radius 3 is 2.81 bits per heavy atom. The normalized spacial score (nSPS) is 21.3. The lowest BCUT2D eigenvalue weighted by atomic mass is 10.1. The van der Waals surface area contributed by atoms with Crippen LogP contribution in [0.25, 0.3) is 0 Å². The standard InChI is InChI=1S/C16H27N3O2/c1-13-11-18(12-14(20)7-8-17)9-10-19(13)15-5-3-4-6-16(15)21-2/h3-6,13-14,20H,7-12,17H2,1-2H3. The van der Waals surface area contributed by atoms with Crippen LogP contribution in [0.4, 0.5) is 5.69 Å². The topological polar surface area (TPSA) is 62.0 Å². The minimum absolute atomic E-state index is 0.319. The summed E-state index contributed by atoms with van der Waals surface area (Å²) >= 11 is 0. The Hall–Kier alpha value is -1.30. The second-order valence-corrected chi connectivity index (χ2v) is 5.71. The fourth-order valence-corrected chi connectivity index (χ4v) is 3.01. The van der Waals surface area contributed by atoms with E-state index in [4.69, 9.17) is 10.5 Å². The predicted octanol–water partition coefficient (Wildman–Crippen LogP) is 0.915. The molecule has 1 aliphatic heterocycles. The molecule has 1 aliphatic rings. The lowest BCUT2D eigenvalue weighted by molar-refractivity contribution is 0.0972. The molecule has 0 saturated carbocycles. The zero-order chi connectivity index (χ0) is 15.2. The molecule has 2 unspecified atom stereocenters. The first-order valence-electron chi connectivity index (χ1n) is 7.65. The van der Waals surface area contributed by atoms with E-state index >= 15 is 0 Å². The highest BCUT2D eigenvalue weighted by molar-refractivity contribution is 5.59. The van der Waals surface area contributed by atoms with Crippen LogP contribution in [0.1, 0.15) is 13.3 Å². The van der Waals surface area contributed by atoms with E-state index in [0.29, 0.717) is 25.6 Å². The Morgan fingerprint density at radius 2 is 2.14 bits per heavy atom. The number of ether oxygens (including phenoxy) is 1. The quantitative estimate of drug-likeness (QED) is 0.816. The number of methoxy groups -OCH3 is 1. The van der Waals surface area contributed by atoms with Crippen LogP contribution in [-0.4, -0.2) is 62.0 Å². The van der Waals surface area contributed by atoms with Crippen molar-refractivity contribution >= 4 is 5.69 Å². The van der Waals surface area contributed by atoms with Gasteiger partial charge in [0.15, 0.2) is 0 Å². The maximum Gasteiger partial charge on any atom is 0.142 e. The summed E-state index contributed by atoms with van der Waals surface area (Å²) < 4.78 is 5.46. The van der Waals surface area contributed by atoms with Crippen molar-refractivity contribution < 1.29 is 9.84 Å². The average Bonchev–Trinajstić information content (AvgIpc) is 2.47. The number of nitrogens with zero attached hydrogens (tertiary/aromatic N) is 2. The number of nitrogens with two attached hydrogens (primary N) is 1. The molecule has 0 aromatic heterocycles. The highest BCUT2D eigenvalue weighted by Crippen LogP contribution is 2.30. The highest BCUT2D eigenvalue weighted by atomic mass is 16.5. The van der Waals surface area contributed by atoms with E-state index in [2.05, 4.69) is 22.8 Å². The largest absolute Gasteiger partial charge is 0.495 e. The number of β-amino-alcohol motifs (C(OH)–C–C–N with tert-alkyl or cyclic N) is 1. The molecular weight excluding hydrogens is 266 g/mol. The van der Waals surface area contributed by atoms with E-state index in [1.54, 1.807) is 7.11 Å². The average molecular weight is 293 g/mol.